The summed E-state index contributed by atoms with van der Waals surface area (Å²) in [5.41, 5.74) is 0.375. The summed E-state index contributed by atoms with van der Waals surface area (Å²) < 4.78 is 16.0. The molecule has 2 fully saturated rings. The summed E-state index contributed by atoms with van der Waals surface area (Å²) in [6.45, 7) is 7.02. The minimum absolute atomic E-state index is 0.0345. The molecule has 0 radical (unpaired) electrons. The monoisotopic (exact) mass is 549 g/mol. The molecule has 1 amide bonds. The van der Waals surface area contributed by atoms with E-state index in [4.69, 9.17) is 20.6 Å². The summed E-state index contributed by atoms with van der Waals surface area (Å²) in [5, 5.41) is 2.60. The maximum Gasteiger partial charge on any atom is 0.342 e. The van der Waals surface area contributed by atoms with Gasteiger partial charge in [-0.2, -0.15) is 0 Å². The summed E-state index contributed by atoms with van der Waals surface area (Å²) in [5.74, 6) is 2.42. The summed E-state index contributed by atoms with van der Waals surface area (Å²) in [4.78, 5) is 48.9. The lowest BCUT2D eigenvalue weighted by atomic mass is 9.69. The first-order chi connectivity index (χ1) is 19.3. The zero-order valence-corrected chi connectivity index (χ0v) is 23.0. The van der Waals surface area contributed by atoms with Gasteiger partial charge in [-0.05, 0) is 100 Å². The average molecular weight is 550 g/mol. The van der Waals surface area contributed by atoms with E-state index in [1.54, 1.807) is 6.07 Å². The van der Waals surface area contributed by atoms with Gasteiger partial charge in [0, 0.05) is 17.7 Å². The molecule has 0 atom stereocenters. The van der Waals surface area contributed by atoms with E-state index < -0.39 is 17.8 Å². The number of amides is 1. The first-order valence-corrected chi connectivity index (χ1v) is 14.1. The minimum Gasteiger partial charge on any atom is -0.463 e. The largest absolute Gasteiger partial charge is 0.463 e. The van der Waals surface area contributed by atoms with E-state index in [2.05, 4.69) is 24.4 Å². The van der Waals surface area contributed by atoms with Crippen molar-refractivity contribution < 1.29 is 33.4 Å². The zero-order valence-electron chi connectivity index (χ0n) is 23.0. The van der Waals surface area contributed by atoms with Gasteiger partial charge in [-0.3, -0.25) is 9.59 Å². The molecular formula is C32H39NO7. The molecule has 0 bridgehead atoms. The molecule has 2 saturated carbocycles. The first kappa shape index (κ1) is 30.7. The Morgan fingerprint density at radius 2 is 1.52 bits per heavy atom. The maximum atomic E-state index is 13.1. The Hall–Kier alpha value is -3.86. The molecule has 0 heterocycles. The number of nitrogens with one attached hydrogen (secondary N) is 1. The molecule has 40 heavy (non-hydrogen) atoms. The number of carbonyl (C=O) groups is 4. The van der Waals surface area contributed by atoms with Gasteiger partial charge in [0.1, 0.15) is 11.3 Å². The van der Waals surface area contributed by atoms with Crippen LogP contribution < -0.4 is 10.1 Å². The van der Waals surface area contributed by atoms with E-state index in [0.29, 0.717) is 36.3 Å². The highest BCUT2D eigenvalue weighted by Gasteiger charge is 2.34. The minimum atomic E-state index is -0.688. The second kappa shape index (κ2) is 15.7. The molecule has 0 saturated heterocycles. The highest BCUT2D eigenvalue weighted by Crippen LogP contribution is 2.41. The number of terminal acetylenes is 1. The highest BCUT2D eigenvalue weighted by atomic mass is 16.6. The Morgan fingerprint density at radius 3 is 2.12 bits per heavy atom. The molecule has 2 aliphatic carbocycles. The second-order valence-electron chi connectivity index (χ2n) is 10.4. The lowest BCUT2D eigenvalue weighted by Gasteiger charge is -2.36. The predicted molar refractivity (Wildman–Crippen MR) is 151 cm³/mol. The standard InChI is InChI=1S/C32H39NO7/c1-4-22-9-11-23(12-10-22)24-13-15-25(16-14-24)31(36)40-28-18-17-26(33-29(34)5-2)21-27(28)32(37)39-20-8-7-19-38-30(35)6-3/h1,5-6,17-18,21-25H,2-3,7-16,19-20H2,(H,33,34). The summed E-state index contributed by atoms with van der Waals surface area (Å²) in [6, 6.07) is 4.46. The molecule has 1 aromatic rings. The van der Waals surface area contributed by atoms with Crippen LogP contribution in [0.5, 0.6) is 5.75 Å². The Labute approximate surface area is 236 Å². The fraction of sp³-hybridized carbons (Fsp3) is 0.500. The van der Waals surface area contributed by atoms with E-state index in [1.165, 1.54) is 12.1 Å². The number of benzene rings is 1. The van der Waals surface area contributed by atoms with Gasteiger partial charge in [-0.25, -0.2) is 9.59 Å². The van der Waals surface area contributed by atoms with Crippen molar-refractivity contribution in [3.63, 3.8) is 0 Å². The van der Waals surface area contributed by atoms with Crippen LogP contribution >= 0.6 is 0 Å². The van der Waals surface area contributed by atoms with E-state index in [-0.39, 0.29) is 36.4 Å². The average Bonchev–Trinajstić information content (AvgIpc) is 2.99. The number of carbonyl (C=O) groups excluding carboxylic acids is 4. The molecular weight excluding hydrogens is 510 g/mol. The van der Waals surface area contributed by atoms with Crippen LogP contribution in [0.2, 0.25) is 0 Å². The topological polar surface area (TPSA) is 108 Å². The Bertz CT molecular complexity index is 1120. The maximum absolute atomic E-state index is 13.1. The fourth-order valence-corrected chi connectivity index (χ4v) is 5.50. The summed E-state index contributed by atoms with van der Waals surface area (Å²) >= 11 is 0. The van der Waals surface area contributed by atoms with Crippen molar-refractivity contribution in [3.05, 3.63) is 49.1 Å². The van der Waals surface area contributed by atoms with Crippen LogP contribution in [0.1, 0.15) is 74.6 Å². The van der Waals surface area contributed by atoms with Crippen molar-refractivity contribution in [2.45, 2.75) is 64.2 Å². The van der Waals surface area contributed by atoms with Crippen LogP contribution in [0.3, 0.4) is 0 Å². The van der Waals surface area contributed by atoms with Crippen molar-refractivity contribution in [2.75, 3.05) is 18.5 Å². The Morgan fingerprint density at radius 1 is 0.900 bits per heavy atom. The molecule has 8 heteroatoms. The van der Waals surface area contributed by atoms with Crippen LogP contribution in [-0.2, 0) is 23.9 Å². The number of rotatable bonds is 12. The Balaban J connectivity index is 1.57. The van der Waals surface area contributed by atoms with Crippen molar-refractivity contribution in [1.29, 1.82) is 0 Å². The smallest absolute Gasteiger partial charge is 0.342 e. The lowest BCUT2D eigenvalue weighted by molar-refractivity contribution is -0.140. The molecule has 0 unspecified atom stereocenters. The third kappa shape index (κ3) is 9.11. The Kier molecular flexibility index (Phi) is 12.0. The van der Waals surface area contributed by atoms with Gasteiger partial charge in [0.2, 0.25) is 5.91 Å². The van der Waals surface area contributed by atoms with Crippen LogP contribution in [0.4, 0.5) is 5.69 Å². The molecule has 1 N–H and O–H groups in total. The van der Waals surface area contributed by atoms with Gasteiger partial charge in [-0.15, -0.1) is 12.3 Å². The fourth-order valence-electron chi connectivity index (χ4n) is 5.50. The van der Waals surface area contributed by atoms with Gasteiger partial charge in [-0.1, -0.05) is 13.2 Å². The van der Waals surface area contributed by atoms with Crippen LogP contribution in [-0.4, -0.2) is 37.0 Å². The molecule has 2 aliphatic rings. The van der Waals surface area contributed by atoms with Gasteiger partial charge in [0.15, 0.2) is 0 Å². The summed E-state index contributed by atoms with van der Waals surface area (Å²) in [7, 11) is 0. The van der Waals surface area contributed by atoms with Crippen molar-refractivity contribution in [1.82, 2.24) is 0 Å². The number of hydrogen-bond acceptors (Lipinski definition) is 7. The summed E-state index contributed by atoms with van der Waals surface area (Å²) in [6.07, 6.45) is 16.7. The van der Waals surface area contributed by atoms with E-state index >= 15 is 0 Å². The number of esters is 3. The molecule has 3 rings (SSSR count). The molecule has 0 aliphatic heterocycles. The van der Waals surface area contributed by atoms with Gasteiger partial charge >= 0.3 is 17.9 Å². The van der Waals surface area contributed by atoms with Crippen molar-refractivity contribution >= 4 is 29.5 Å². The van der Waals surface area contributed by atoms with E-state index in [0.717, 1.165) is 63.5 Å². The second-order valence-corrected chi connectivity index (χ2v) is 10.4. The highest BCUT2D eigenvalue weighted by molar-refractivity contribution is 6.01. The molecule has 8 nitrogen and oxygen atoms in total. The zero-order chi connectivity index (χ0) is 28.9. The molecule has 0 spiro atoms. The van der Waals surface area contributed by atoms with Crippen LogP contribution in [0.15, 0.2) is 43.5 Å². The number of hydrogen-bond donors (Lipinski definition) is 1. The van der Waals surface area contributed by atoms with E-state index in [1.807, 2.05) is 0 Å². The third-order valence-corrected chi connectivity index (χ3v) is 7.83. The SMILES string of the molecule is C#CC1CCC(C2CCC(C(=O)Oc3ccc(NC(=O)C=C)cc3C(=O)OCCCCOC(=O)C=C)CC2)CC1. The normalized spacial score (nSPS) is 22.2. The van der Waals surface area contributed by atoms with Gasteiger partial charge in [0.05, 0.1) is 19.1 Å². The van der Waals surface area contributed by atoms with Crippen LogP contribution in [0, 0.1) is 36.0 Å². The number of ether oxygens (including phenoxy) is 3. The predicted octanol–water partition coefficient (Wildman–Crippen LogP) is 5.63. The first-order valence-electron chi connectivity index (χ1n) is 14.1. The lowest BCUT2D eigenvalue weighted by Crippen LogP contribution is -2.30. The quantitative estimate of drug-likeness (QED) is 0.118. The van der Waals surface area contributed by atoms with Crippen molar-refractivity contribution in [2.24, 2.45) is 23.7 Å². The van der Waals surface area contributed by atoms with Gasteiger partial charge in [0.25, 0.3) is 0 Å². The molecule has 1 aromatic carbocycles. The van der Waals surface area contributed by atoms with Crippen molar-refractivity contribution in [3.8, 4) is 18.1 Å². The number of anilines is 1. The third-order valence-electron chi connectivity index (χ3n) is 7.83. The molecule has 214 valence electrons. The molecule has 0 aromatic heterocycles. The number of unbranched alkanes of at least 4 members (excludes halogenated alkanes) is 1. The van der Waals surface area contributed by atoms with E-state index in [9.17, 15) is 19.2 Å². The van der Waals surface area contributed by atoms with Crippen LogP contribution in [0.25, 0.3) is 0 Å². The van der Waals surface area contributed by atoms with Gasteiger partial charge < -0.3 is 19.5 Å².